The van der Waals surface area contributed by atoms with Gasteiger partial charge in [-0.25, -0.2) is 0 Å². The lowest BCUT2D eigenvalue weighted by Gasteiger charge is -2.32. The van der Waals surface area contributed by atoms with Crippen molar-refractivity contribution in [3.8, 4) is 0 Å². The van der Waals surface area contributed by atoms with Crippen LogP contribution in [0.25, 0.3) is 0 Å². The lowest BCUT2D eigenvalue weighted by atomic mass is 9.89. The summed E-state index contributed by atoms with van der Waals surface area (Å²) >= 11 is 0. The van der Waals surface area contributed by atoms with Crippen molar-refractivity contribution in [3.63, 3.8) is 0 Å². The Kier molecular flexibility index (Phi) is 2.51. The highest BCUT2D eigenvalue weighted by Crippen LogP contribution is 2.53. The van der Waals surface area contributed by atoms with Crippen molar-refractivity contribution in [2.24, 2.45) is 5.41 Å². The van der Waals surface area contributed by atoms with E-state index in [0.717, 1.165) is 13.0 Å². The number of carbonyl (C=O) groups is 2. The predicted molar refractivity (Wildman–Crippen MR) is 74.5 cm³/mol. The number of imide groups is 1. The number of rotatable bonds is 2. The number of hydrogen-bond donors (Lipinski definition) is 1. The average molecular weight is 270 g/mol. The summed E-state index contributed by atoms with van der Waals surface area (Å²) < 4.78 is 0. The number of hydrogen-bond acceptors (Lipinski definition) is 3. The number of nitrogens with one attached hydrogen (secondary N) is 1. The number of fused-ring (bicyclic) bond motifs is 1. The first-order valence-corrected chi connectivity index (χ1v) is 7.37. The van der Waals surface area contributed by atoms with Crippen molar-refractivity contribution in [3.05, 3.63) is 35.4 Å². The van der Waals surface area contributed by atoms with E-state index in [0.29, 0.717) is 23.1 Å². The van der Waals surface area contributed by atoms with Crippen molar-refractivity contribution in [2.45, 2.75) is 31.7 Å². The standard InChI is InChI=1S/C16H18N2O2/c19-14-12-3-1-2-4-13(12)15(20)18(14)10-11-9-16(5-6-16)7-8-17-11/h1-4,11,17H,5-10H2/t11-/m0/s1. The molecule has 1 N–H and O–H groups in total. The lowest BCUT2D eigenvalue weighted by Crippen LogP contribution is -2.48. The molecule has 4 heteroatoms. The molecule has 2 aliphatic heterocycles. The van der Waals surface area contributed by atoms with Crippen LogP contribution in [0.4, 0.5) is 0 Å². The molecule has 3 aliphatic rings. The van der Waals surface area contributed by atoms with Crippen LogP contribution in [0.1, 0.15) is 46.4 Å². The molecular formula is C16H18N2O2. The van der Waals surface area contributed by atoms with Gasteiger partial charge in [0.2, 0.25) is 0 Å². The number of piperidine rings is 1. The van der Waals surface area contributed by atoms with E-state index in [1.54, 1.807) is 12.1 Å². The first-order valence-electron chi connectivity index (χ1n) is 7.37. The second-order valence-corrected chi connectivity index (χ2v) is 6.37. The Morgan fingerprint density at radius 2 is 1.75 bits per heavy atom. The molecule has 1 aromatic carbocycles. The Morgan fingerprint density at radius 1 is 1.10 bits per heavy atom. The predicted octanol–water partition coefficient (Wildman–Crippen LogP) is 1.81. The summed E-state index contributed by atoms with van der Waals surface area (Å²) in [5.41, 5.74) is 1.62. The van der Waals surface area contributed by atoms with Gasteiger partial charge < -0.3 is 5.32 Å². The van der Waals surface area contributed by atoms with Crippen molar-refractivity contribution in [1.29, 1.82) is 0 Å². The van der Waals surface area contributed by atoms with Gasteiger partial charge in [0.15, 0.2) is 0 Å². The van der Waals surface area contributed by atoms with Crippen LogP contribution in [0, 0.1) is 5.41 Å². The summed E-state index contributed by atoms with van der Waals surface area (Å²) in [5, 5.41) is 3.46. The normalized spacial score (nSPS) is 27.0. The topological polar surface area (TPSA) is 49.4 Å². The van der Waals surface area contributed by atoms with Gasteiger partial charge >= 0.3 is 0 Å². The maximum atomic E-state index is 12.3. The molecule has 0 aromatic heterocycles. The SMILES string of the molecule is O=C1c2ccccc2C(=O)N1C[C@@H]1CC2(CCN1)CC2. The zero-order chi connectivity index (χ0) is 13.7. The highest BCUT2D eigenvalue weighted by molar-refractivity contribution is 6.21. The Balaban J connectivity index is 1.53. The van der Waals surface area contributed by atoms with E-state index in [9.17, 15) is 9.59 Å². The number of benzene rings is 1. The molecule has 1 atom stereocenters. The van der Waals surface area contributed by atoms with E-state index in [1.165, 1.54) is 24.2 Å². The maximum Gasteiger partial charge on any atom is 0.261 e. The molecule has 1 spiro atoms. The van der Waals surface area contributed by atoms with Gasteiger partial charge in [-0.05, 0) is 49.8 Å². The molecule has 2 amide bonds. The minimum absolute atomic E-state index is 0.136. The summed E-state index contributed by atoms with van der Waals surface area (Å²) in [7, 11) is 0. The minimum atomic E-state index is -0.136. The maximum absolute atomic E-state index is 12.3. The molecule has 20 heavy (non-hydrogen) atoms. The van der Waals surface area contributed by atoms with E-state index >= 15 is 0 Å². The number of carbonyl (C=O) groups excluding carboxylic acids is 2. The molecule has 1 saturated carbocycles. The molecule has 2 fully saturated rings. The Bertz CT molecular complexity index is 557. The highest BCUT2D eigenvalue weighted by atomic mass is 16.2. The third kappa shape index (κ3) is 1.79. The van der Waals surface area contributed by atoms with Gasteiger partial charge in [0.05, 0.1) is 11.1 Å². The van der Waals surface area contributed by atoms with Crippen LogP contribution in [-0.2, 0) is 0 Å². The Hall–Kier alpha value is -1.68. The van der Waals surface area contributed by atoms with Crippen molar-refractivity contribution < 1.29 is 9.59 Å². The molecule has 0 unspecified atom stereocenters. The molecular weight excluding hydrogens is 252 g/mol. The van der Waals surface area contributed by atoms with Crippen LogP contribution in [0.5, 0.6) is 0 Å². The highest BCUT2D eigenvalue weighted by Gasteiger charge is 2.47. The van der Waals surface area contributed by atoms with Crippen LogP contribution in [-0.4, -0.2) is 35.8 Å². The molecule has 1 aromatic rings. The molecule has 1 aliphatic carbocycles. The summed E-state index contributed by atoms with van der Waals surface area (Å²) in [6, 6.07) is 7.36. The summed E-state index contributed by atoms with van der Waals surface area (Å²) in [5.74, 6) is -0.273. The second-order valence-electron chi connectivity index (χ2n) is 6.37. The summed E-state index contributed by atoms with van der Waals surface area (Å²) in [6.45, 7) is 1.52. The second kappa shape index (κ2) is 4.16. The number of amides is 2. The van der Waals surface area contributed by atoms with Crippen LogP contribution in [0.15, 0.2) is 24.3 Å². The monoisotopic (exact) mass is 270 g/mol. The van der Waals surface area contributed by atoms with Crippen LogP contribution >= 0.6 is 0 Å². The lowest BCUT2D eigenvalue weighted by molar-refractivity contribution is 0.0623. The zero-order valence-electron chi connectivity index (χ0n) is 11.4. The van der Waals surface area contributed by atoms with E-state index < -0.39 is 0 Å². The third-order valence-corrected chi connectivity index (χ3v) is 5.01. The molecule has 0 radical (unpaired) electrons. The molecule has 0 bridgehead atoms. The third-order valence-electron chi connectivity index (χ3n) is 5.01. The first kappa shape index (κ1) is 12.1. The molecule has 4 nitrogen and oxygen atoms in total. The fraction of sp³-hybridized carbons (Fsp3) is 0.500. The van der Waals surface area contributed by atoms with Crippen LogP contribution in [0.3, 0.4) is 0 Å². The first-order chi connectivity index (χ1) is 9.69. The van der Waals surface area contributed by atoms with Crippen molar-refractivity contribution in [1.82, 2.24) is 10.2 Å². The fourth-order valence-electron chi connectivity index (χ4n) is 3.62. The van der Waals surface area contributed by atoms with Gasteiger partial charge in [-0.15, -0.1) is 0 Å². The summed E-state index contributed by atoms with van der Waals surface area (Å²) in [6.07, 6.45) is 4.96. The zero-order valence-corrected chi connectivity index (χ0v) is 11.4. The largest absolute Gasteiger partial charge is 0.312 e. The smallest absolute Gasteiger partial charge is 0.261 e. The van der Waals surface area contributed by atoms with Crippen molar-refractivity contribution >= 4 is 11.8 Å². The van der Waals surface area contributed by atoms with Crippen molar-refractivity contribution in [2.75, 3.05) is 13.1 Å². The van der Waals surface area contributed by atoms with Crippen LogP contribution < -0.4 is 5.32 Å². The van der Waals surface area contributed by atoms with Gasteiger partial charge in [-0.1, -0.05) is 12.1 Å². The van der Waals surface area contributed by atoms with Gasteiger partial charge in [0, 0.05) is 12.6 Å². The molecule has 104 valence electrons. The average Bonchev–Trinajstić information content (AvgIpc) is 3.17. The molecule has 4 rings (SSSR count). The Morgan fingerprint density at radius 3 is 2.35 bits per heavy atom. The minimum Gasteiger partial charge on any atom is -0.312 e. The van der Waals surface area contributed by atoms with E-state index in [2.05, 4.69) is 5.32 Å². The van der Waals surface area contributed by atoms with Gasteiger partial charge in [0.25, 0.3) is 11.8 Å². The molecule has 2 heterocycles. The van der Waals surface area contributed by atoms with Gasteiger partial charge in [-0.3, -0.25) is 14.5 Å². The van der Waals surface area contributed by atoms with E-state index in [-0.39, 0.29) is 17.9 Å². The van der Waals surface area contributed by atoms with E-state index in [1.807, 2.05) is 12.1 Å². The van der Waals surface area contributed by atoms with E-state index in [4.69, 9.17) is 0 Å². The Labute approximate surface area is 118 Å². The van der Waals surface area contributed by atoms with Crippen LogP contribution in [0.2, 0.25) is 0 Å². The quantitative estimate of drug-likeness (QED) is 0.834. The van der Waals surface area contributed by atoms with Gasteiger partial charge in [0.1, 0.15) is 0 Å². The number of nitrogens with zero attached hydrogens (tertiary/aromatic N) is 1. The van der Waals surface area contributed by atoms with Gasteiger partial charge in [-0.2, -0.15) is 0 Å². The molecule has 1 saturated heterocycles. The fourth-order valence-corrected chi connectivity index (χ4v) is 3.62. The summed E-state index contributed by atoms with van der Waals surface area (Å²) in [4.78, 5) is 26.1.